The van der Waals surface area contributed by atoms with E-state index >= 15 is 0 Å². The minimum atomic E-state index is -4.36. The Bertz CT molecular complexity index is 1080. The van der Waals surface area contributed by atoms with Gasteiger partial charge in [0.1, 0.15) is 0 Å². The highest BCUT2D eigenvalue weighted by Crippen LogP contribution is 2.37. The molecule has 2 aliphatic heterocycles. The summed E-state index contributed by atoms with van der Waals surface area (Å²) in [5, 5.41) is 11.6. The van der Waals surface area contributed by atoms with Crippen molar-refractivity contribution < 1.29 is 18.0 Å². The first-order valence-electron chi connectivity index (χ1n) is 11.7. The zero-order valence-electron chi connectivity index (χ0n) is 19.9. The predicted molar refractivity (Wildman–Crippen MR) is 127 cm³/mol. The first kappa shape index (κ1) is 24.4. The number of pyridine rings is 1. The lowest BCUT2D eigenvalue weighted by Crippen LogP contribution is -2.55. The molecule has 0 unspecified atom stereocenters. The Morgan fingerprint density at radius 2 is 2.03 bits per heavy atom. The maximum Gasteiger partial charge on any atom is 0.393 e. The molecule has 6 nitrogen and oxygen atoms in total. The molecule has 2 fully saturated rings. The number of piperidine rings is 1. The van der Waals surface area contributed by atoms with Gasteiger partial charge in [0.25, 0.3) is 0 Å². The van der Waals surface area contributed by atoms with Gasteiger partial charge in [0.05, 0.1) is 18.0 Å². The van der Waals surface area contributed by atoms with Gasteiger partial charge in [0, 0.05) is 54.2 Å². The van der Waals surface area contributed by atoms with Crippen LogP contribution in [0.3, 0.4) is 0 Å². The number of hydrogen-bond donors (Lipinski definition) is 2. The number of benzene rings is 1. The van der Waals surface area contributed by atoms with E-state index in [2.05, 4.69) is 29.0 Å². The van der Waals surface area contributed by atoms with Crippen LogP contribution < -0.4 is 10.2 Å². The number of likely N-dealkylation sites (tertiary alicyclic amines) is 1. The number of aromatic nitrogens is 1. The number of nitrogens with zero attached hydrogens (tertiary/aromatic N) is 3. The summed E-state index contributed by atoms with van der Waals surface area (Å²) in [5.74, 6) is -1.78. The van der Waals surface area contributed by atoms with Crippen LogP contribution in [-0.2, 0) is 4.79 Å². The van der Waals surface area contributed by atoms with Crippen LogP contribution in [0, 0.1) is 16.7 Å². The van der Waals surface area contributed by atoms with Crippen LogP contribution in [0.5, 0.6) is 0 Å². The van der Waals surface area contributed by atoms with Crippen molar-refractivity contribution in [2.45, 2.75) is 45.8 Å². The number of nitrogens with one attached hydrogen (secondary N) is 2. The van der Waals surface area contributed by atoms with Crippen LogP contribution in [0.4, 0.5) is 18.9 Å². The monoisotopic (exact) mass is 475 g/mol. The summed E-state index contributed by atoms with van der Waals surface area (Å²) in [6, 6.07) is 6.47. The van der Waals surface area contributed by atoms with E-state index in [0.717, 1.165) is 19.5 Å². The topological polar surface area (TPSA) is 72.3 Å². The van der Waals surface area contributed by atoms with Gasteiger partial charge in [-0.15, -0.1) is 0 Å². The average Bonchev–Trinajstić information content (AvgIpc) is 3.09. The highest BCUT2D eigenvalue weighted by atomic mass is 19.4. The van der Waals surface area contributed by atoms with E-state index in [9.17, 15) is 18.0 Å². The van der Waals surface area contributed by atoms with Gasteiger partial charge in [0.15, 0.2) is 0 Å². The number of alkyl halides is 3. The smallest absolute Gasteiger partial charge is 0.368 e. The third kappa shape index (κ3) is 5.35. The van der Waals surface area contributed by atoms with Gasteiger partial charge >= 0.3 is 6.18 Å². The predicted octanol–water partition coefficient (Wildman–Crippen LogP) is 4.23. The van der Waals surface area contributed by atoms with Crippen LogP contribution in [0.25, 0.3) is 10.9 Å². The molecular weight excluding hydrogens is 443 g/mol. The van der Waals surface area contributed by atoms with Crippen molar-refractivity contribution in [3.63, 3.8) is 0 Å². The minimum absolute atomic E-state index is 0.134. The zero-order chi connectivity index (χ0) is 24.7. The van der Waals surface area contributed by atoms with Crippen LogP contribution in [0.1, 0.15) is 39.2 Å². The third-order valence-corrected chi connectivity index (χ3v) is 6.89. The largest absolute Gasteiger partial charge is 0.393 e. The molecular formula is C25H32F3N5O. The van der Waals surface area contributed by atoms with Crippen molar-refractivity contribution in [2.75, 3.05) is 37.6 Å². The van der Waals surface area contributed by atoms with Crippen molar-refractivity contribution in [1.82, 2.24) is 15.2 Å². The molecule has 0 aliphatic carbocycles. The fourth-order valence-corrected chi connectivity index (χ4v) is 5.21. The van der Waals surface area contributed by atoms with Crippen molar-refractivity contribution in [3.05, 3.63) is 36.0 Å². The molecule has 34 heavy (non-hydrogen) atoms. The van der Waals surface area contributed by atoms with Crippen LogP contribution in [0.15, 0.2) is 30.5 Å². The van der Waals surface area contributed by atoms with E-state index in [-0.39, 0.29) is 37.4 Å². The average molecular weight is 476 g/mol. The Balaban J connectivity index is 1.57. The molecule has 2 atom stereocenters. The standard InChI is InChI=1S/C25H32F3N5O/c1-16(29)19-6-7-21(20-5-4-9-30-23(19)20)33-12-17(25(26,27)28)11-18(13-33)31-22(34)14-32-10-8-24(2,3)15-32/h4-7,9,17-18,29H,8,10-15H2,1-3H3,(H,31,34)/t17-,18+/m0/s1. The van der Waals surface area contributed by atoms with Gasteiger partial charge in [-0.1, -0.05) is 13.8 Å². The molecule has 0 bridgehead atoms. The molecule has 1 aromatic heterocycles. The molecule has 4 rings (SSSR count). The molecule has 2 aliphatic rings. The lowest BCUT2D eigenvalue weighted by molar-refractivity contribution is -0.178. The van der Waals surface area contributed by atoms with Crippen molar-refractivity contribution in [2.24, 2.45) is 11.3 Å². The minimum Gasteiger partial charge on any atom is -0.368 e. The highest BCUT2D eigenvalue weighted by Gasteiger charge is 2.45. The van der Waals surface area contributed by atoms with E-state index < -0.39 is 18.1 Å². The molecule has 0 saturated carbocycles. The number of rotatable bonds is 5. The number of hydrogen-bond acceptors (Lipinski definition) is 5. The summed E-state index contributed by atoms with van der Waals surface area (Å²) < 4.78 is 41.5. The van der Waals surface area contributed by atoms with E-state index in [1.165, 1.54) is 0 Å². The summed E-state index contributed by atoms with van der Waals surface area (Å²) in [7, 11) is 0. The lowest BCUT2D eigenvalue weighted by Gasteiger charge is -2.40. The molecule has 1 aromatic carbocycles. The second-order valence-electron chi connectivity index (χ2n) is 10.4. The van der Waals surface area contributed by atoms with Gasteiger partial charge in [-0.3, -0.25) is 14.7 Å². The molecule has 2 N–H and O–H groups in total. The second-order valence-corrected chi connectivity index (χ2v) is 10.4. The van der Waals surface area contributed by atoms with Gasteiger partial charge in [-0.2, -0.15) is 13.2 Å². The number of carbonyl (C=O) groups is 1. The van der Waals surface area contributed by atoms with Crippen LogP contribution in [0.2, 0.25) is 0 Å². The van der Waals surface area contributed by atoms with Gasteiger partial charge in [-0.05, 0) is 56.0 Å². The summed E-state index contributed by atoms with van der Waals surface area (Å²) in [6.45, 7) is 7.91. The first-order chi connectivity index (χ1) is 15.9. The third-order valence-electron chi connectivity index (χ3n) is 6.89. The Labute approximate surface area is 198 Å². The number of fused-ring (bicyclic) bond motifs is 1. The fraction of sp³-hybridized carbons (Fsp3) is 0.560. The summed E-state index contributed by atoms with van der Waals surface area (Å²) >= 11 is 0. The second kappa shape index (κ2) is 9.17. The highest BCUT2D eigenvalue weighted by molar-refractivity contribution is 6.09. The Kier molecular flexibility index (Phi) is 6.59. The molecule has 3 heterocycles. The maximum absolute atomic E-state index is 13.8. The quantitative estimate of drug-likeness (QED) is 0.635. The summed E-state index contributed by atoms with van der Waals surface area (Å²) in [6.07, 6.45) is -1.87. The number of halogens is 3. The Morgan fingerprint density at radius 1 is 1.26 bits per heavy atom. The van der Waals surface area contributed by atoms with Crippen LogP contribution >= 0.6 is 0 Å². The van der Waals surface area contributed by atoms with E-state index in [1.807, 2.05) is 6.07 Å². The summed E-state index contributed by atoms with van der Waals surface area (Å²) in [4.78, 5) is 20.9. The number of anilines is 1. The molecule has 2 aromatic rings. The van der Waals surface area contributed by atoms with Gasteiger partial charge in [-0.25, -0.2) is 0 Å². The van der Waals surface area contributed by atoms with Crippen molar-refractivity contribution in [3.8, 4) is 0 Å². The molecule has 9 heteroatoms. The fourth-order valence-electron chi connectivity index (χ4n) is 5.21. The molecule has 2 saturated heterocycles. The Morgan fingerprint density at radius 3 is 2.68 bits per heavy atom. The Hall–Kier alpha value is -2.68. The van der Waals surface area contributed by atoms with E-state index in [0.29, 0.717) is 27.9 Å². The maximum atomic E-state index is 13.8. The zero-order valence-corrected chi connectivity index (χ0v) is 19.9. The molecule has 0 radical (unpaired) electrons. The van der Waals surface area contributed by atoms with Gasteiger partial charge in [0.2, 0.25) is 5.91 Å². The van der Waals surface area contributed by atoms with E-state index in [4.69, 9.17) is 5.41 Å². The number of amides is 1. The molecule has 1 amide bonds. The van der Waals surface area contributed by atoms with E-state index in [1.54, 1.807) is 36.2 Å². The molecule has 184 valence electrons. The summed E-state index contributed by atoms with van der Waals surface area (Å²) in [5.41, 5.74) is 2.39. The lowest BCUT2D eigenvalue weighted by atomic mass is 9.92. The van der Waals surface area contributed by atoms with Crippen LogP contribution in [-0.4, -0.2) is 66.4 Å². The van der Waals surface area contributed by atoms with Crippen molar-refractivity contribution >= 4 is 28.2 Å². The number of carbonyl (C=O) groups excluding carboxylic acids is 1. The first-order valence-corrected chi connectivity index (χ1v) is 11.7. The van der Waals surface area contributed by atoms with Crippen molar-refractivity contribution in [1.29, 1.82) is 5.41 Å². The van der Waals surface area contributed by atoms with Gasteiger partial charge < -0.3 is 15.6 Å². The SMILES string of the molecule is CC(=N)c1ccc(N2C[C@H](NC(=O)CN3CCC(C)(C)C3)C[C@H](C(F)(F)F)C2)c2cccnc12. The normalized spacial score (nSPS) is 23.3. The molecule has 0 spiro atoms.